The third-order valence-electron chi connectivity index (χ3n) is 3.40. The monoisotopic (exact) mass is 310 g/mol. The maximum atomic E-state index is 12.0. The Balaban J connectivity index is 2.73. The molecule has 0 aliphatic rings. The fourth-order valence-corrected chi connectivity index (χ4v) is 2.01. The number of hydrogen-bond donors (Lipinski definition) is 5. The molecular formula is C15H22N2O5. The summed E-state index contributed by atoms with van der Waals surface area (Å²) in [6, 6.07) is 2.74. The van der Waals surface area contributed by atoms with Crippen LogP contribution in [0.4, 0.5) is 0 Å². The highest BCUT2D eigenvalue weighted by Crippen LogP contribution is 2.23. The van der Waals surface area contributed by atoms with Crippen LogP contribution >= 0.6 is 0 Å². The number of hydrogen-bond acceptors (Lipinski definition) is 5. The molecule has 1 aromatic rings. The van der Waals surface area contributed by atoms with Crippen molar-refractivity contribution in [1.82, 2.24) is 5.32 Å². The maximum absolute atomic E-state index is 12.0. The van der Waals surface area contributed by atoms with E-state index in [0.29, 0.717) is 24.9 Å². The zero-order valence-corrected chi connectivity index (χ0v) is 12.5. The number of rotatable bonds is 8. The van der Waals surface area contributed by atoms with E-state index in [1.807, 2.05) is 0 Å². The highest BCUT2D eigenvalue weighted by atomic mass is 16.4. The van der Waals surface area contributed by atoms with Gasteiger partial charge in [-0.1, -0.05) is 13.0 Å². The molecule has 2 atom stereocenters. The summed E-state index contributed by atoms with van der Waals surface area (Å²) < 4.78 is 0. The number of phenolic OH excluding ortho intramolecular Hbond substituents is 2. The normalized spacial score (nSPS) is 13.4. The molecule has 1 amide bonds. The molecule has 1 rings (SSSR count). The Labute approximate surface area is 128 Å². The predicted octanol–water partition coefficient (Wildman–Crippen LogP) is 0.585. The second-order valence-corrected chi connectivity index (χ2v) is 5.25. The van der Waals surface area contributed by atoms with Crippen LogP contribution in [-0.2, 0) is 16.0 Å². The van der Waals surface area contributed by atoms with Crippen molar-refractivity contribution in [3.8, 4) is 11.5 Å². The number of carboxylic acid groups (broad SMARTS) is 1. The minimum atomic E-state index is -1.19. The number of nitrogens with one attached hydrogen (secondary N) is 1. The highest BCUT2D eigenvalue weighted by Gasteiger charge is 2.24. The zero-order chi connectivity index (χ0) is 16.7. The van der Waals surface area contributed by atoms with Crippen LogP contribution in [0.15, 0.2) is 18.2 Å². The Hall–Kier alpha value is -2.28. The molecular weight excluding hydrogens is 288 g/mol. The van der Waals surface area contributed by atoms with Crippen molar-refractivity contribution in [2.24, 2.45) is 11.7 Å². The van der Waals surface area contributed by atoms with Crippen LogP contribution in [0, 0.1) is 5.92 Å². The quantitative estimate of drug-likeness (QED) is 0.477. The van der Waals surface area contributed by atoms with Crippen molar-refractivity contribution < 1.29 is 24.9 Å². The second-order valence-electron chi connectivity index (χ2n) is 5.25. The van der Waals surface area contributed by atoms with Crippen molar-refractivity contribution in [2.45, 2.75) is 32.2 Å². The highest BCUT2D eigenvalue weighted by molar-refractivity contribution is 5.85. The number of benzene rings is 1. The van der Waals surface area contributed by atoms with Crippen molar-refractivity contribution in [3.05, 3.63) is 23.8 Å². The molecule has 0 spiro atoms. The molecule has 1 aromatic carbocycles. The maximum Gasteiger partial charge on any atom is 0.326 e. The number of carboxylic acids is 1. The van der Waals surface area contributed by atoms with E-state index < -0.39 is 12.0 Å². The van der Waals surface area contributed by atoms with Gasteiger partial charge in [-0.2, -0.15) is 0 Å². The molecule has 0 bridgehead atoms. The van der Waals surface area contributed by atoms with Crippen molar-refractivity contribution >= 4 is 11.9 Å². The van der Waals surface area contributed by atoms with Crippen LogP contribution in [0.25, 0.3) is 0 Å². The van der Waals surface area contributed by atoms with E-state index >= 15 is 0 Å². The van der Waals surface area contributed by atoms with Gasteiger partial charge in [0.15, 0.2) is 0 Å². The van der Waals surface area contributed by atoms with Gasteiger partial charge in [-0.25, -0.2) is 4.79 Å². The van der Waals surface area contributed by atoms with E-state index in [-0.39, 0.29) is 29.7 Å². The number of nitrogens with two attached hydrogens (primary N) is 1. The fraction of sp³-hybridized carbons (Fsp3) is 0.467. The molecule has 6 N–H and O–H groups in total. The number of carbonyl (C=O) groups is 2. The average molecular weight is 310 g/mol. The van der Waals surface area contributed by atoms with Crippen LogP contribution in [0.1, 0.15) is 25.3 Å². The van der Waals surface area contributed by atoms with Crippen LogP contribution in [0.2, 0.25) is 0 Å². The van der Waals surface area contributed by atoms with E-state index in [1.54, 1.807) is 6.92 Å². The fourth-order valence-electron chi connectivity index (χ4n) is 2.01. The molecule has 0 aromatic heterocycles. The number of amides is 1. The summed E-state index contributed by atoms with van der Waals surface area (Å²) in [4.78, 5) is 23.3. The van der Waals surface area contributed by atoms with Gasteiger partial charge < -0.3 is 26.4 Å². The second kappa shape index (κ2) is 8.23. The Morgan fingerprint density at radius 1 is 1.32 bits per heavy atom. The van der Waals surface area contributed by atoms with Gasteiger partial charge in [0, 0.05) is 18.4 Å². The Kier molecular flexibility index (Phi) is 6.65. The molecule has 0 saturated heterocycles. The lowest BCUT2D eigenvalue weighted by Gasteiger charge is -2.18. The minimum Gasteiger partial charge on any atom is -0.508 e. The van der Waals surface area contributed by atoms with Crippen LogP contribution in [0.3, 0.4) is 0 Å². The van der Waals surface area contributed by atoms with Crippen LogP contribution < -0.4 is 11.1 Å². The summed E-state index contributed by atoms with van der Waals surface area (Å²) in [5.41, 5.74) is 5.72. The molecule has 7 heteroatoms. The third-order valence-corrected chi connectivity index (χ3v) is 3.40. The zero-order valence-electron chi connectivity index (χ0n) is 12.5. The van der Waals surface area contributed by atoms with Gasteiger partial charge in [0.25, 0.3) is 0 Å². The van der Waals surface area contributed by atoms with Crippen LogP contribution in [0.5, 0.6) is 11.5 Å². The number of phenols is 2. The number of carbonyl (C=O) groups excluding carboxylic acids is 1. The van der Waals surface area contributed by atoms with Crippen LogP contribution in [-0.4, -0.2) is 39.8 Å². The van der Waals surface area contributed by atoms with Gasteiger partial charge in [0.2, 0.25) is 5.91 Å². The van der Waals surface area contributed by atoms with E-state index in [1.165, 1.54) is 12.1 Å². The number of aromatic hydroxyl groups is 2. The van der Waals surface area contributed by atoms with Gasteiger partial charge in [-0.15, -0.1) is 0 Å². The summed E-state index contributed by atoms with van der Waals surface area (Å²) in [6.45, 7) is 2.18. The van der Waals surface area contributed by atoms with E-state index in [0.717, 1.165) is 6.07 Å². The molecule has 0 aliphatic heterocycles. The van der Waals surface area contributed by atoms with Gasteiger partial charge in [0.05, 0.1) is 0 Å². The standard InChI is InChI=1S/C15H22N2O5/c1-9(3-2-6-16)14(20)17-12(15(21)22)7-10-4-5-11(18)8-13(10)19/h4-5,8-9,12,18-19H,2-3,6-7,16H2,1H3,(H,17,20)(H,21,22). The summed E-state index contributed by atoms with van der Waals surface area (Å²) in [5, 5.41) is 30.6. The molecule has 7 nitrogen and oxygen atoms in total. The summed E-state index contributed by atoms with van der Waals surface area (Å²) in [5.74, 6) is -2.21. The molecule has 122 valence electrons. The van der Waals surface area contributed by atoms with Gasteiger partial charge in [0.1, 0.15) is 17.5 Å². The third kappa shape index (κ3) is 5.25. The topological polar surface area (TPSA) is 133 Å². The lowest BCUT2D eigenvalue weighted by molar-refractivity contribution is -0.142. The lowest BCUT2D eigenvalue weighted by Crippen LogP contribution is -2.44. The Bertz CT molecular complexity index is 533. The molecule has 2 unspecified atom stereocenters. The van der Waals surface area contributed by atoms with Crippen molar-refractivity contribution in [1.29, 1.82) is 0 Å². The van der Waals surface area contributed by atoms with E-state index in [9.17, 15) is 24.9 Å². The number of aliphatic carboxylic acids is 1. The van der Waals surface area contributed by atoms with E-state index in [2.05, 4.69) is 5.32 Å². The van der Waals surface area contributed by atoms with Crippen molar-refractivity contribution in [3.63, 3.8) is 0 Å². The largest absolute Gasteiger partial charge is 0.508 e. The first-order valence-electron chi connectivity index (χ1n) is 7.09. The minimum absolute atomic E-state index is 0.0726. The molecule has 0 saturated carbocycles. The Morgan fingerprint density at radius 2 is 2.00 bits per heavy atom. The molecule has 0 aliphatic carbocycles. The SMILES string of the molecule is CC(CCCN)C(=O)NC(Cc1ccc(O)cc1O)C(=O)O. The molecule has 0 radical (unpaired) electrons. The summed E-state index contributed by atoms with van der Waals surface area (Å²) in [7, 11) is 0. The molecule has 0 fully saturated rings. The molecule has 22 heavy (non-hydrogen) atoms. The van der Waals surface area contributed by atoms with Gasteiger partial charge >= 0.3 is 5.97 Å². The van der Waals surface area contributed by atoms with Crippen molar-refractivity contribution in [2.75, 3.05) is 6.54 Å². The predicted molar refractivity (Wildman–Crippen MR) is 80.5 cm³/mol. The average Bonchev–Trinajstić information content (AvgIpc) is 2.46. The van der Waals surface area contributed by atoms with E-state index in [4.69, 9.17) is 5.73 Å². The first-order valence-corrected chi connectivity index (χ1v) is 7.09. The first kappa shape index (κ1) is 17.8. The summed E-state index contributed by atoms with van der Waals surface area (Å²) in [6.07, 6.45) is 1.20. The smallest absolute Gasteiger partial charge is 0.326 e. The van der Waals surface area contributed by atoms with Gasteiger partial charge in [-0.05, 0) is 31.0 Å². The van der Waals surface area contributed by atoms with Gasteiger partial charge in [-0.3, -0.25) is 4.79 Å². The summed E-state index contributed by atoms with van der Waals surface area (Å²) >= 11 is 0. The first-order chi connectivity index (χ1) is 10.3. The Morgan fingerprint density at radius 3 is 2.55 bits per heavy atom. The lowest BCUT2D eigenvalue weighted by atomic mass is 10.0. The molecule has 0 heterocycles.